The molecule has 0 unspecified atom stereocenters. The fourth-order valence-corrected chi connectivity index (χ4v) is 1.43. The van der Waals surface area contributed by atoms with Crippen LogP contribution in [0.3, 0.4) is 0 Å². The molecule has 0 fully saturated rings. The molecule has 68 valence electrons. The summed E-state index contributed by atoms with van der Waals surface area (Å²) in [7, 11) is 0. The van der Waals surface area contributed by atoms with Crippen molar-refractivity contribution in [2.75, 3.05) is 0 Å². The van der Waals surface area contributed by atoms with E-state index in [9.17, 15) is 4.79 Å². The molecule has 0 spiro atoms. The minimum Gasteiger partial charge on any atom is -0.289 e. The Balaban J connectivity index is 2.77. The molecule has 2 aromatic rings. The highest BCUT2D eigenvalue weighted by Crippen LogP contribution is 2.16. The van der Waals surface area contributed by atoms with Crippen LogP contribution in [-0.4, -0.2) is 10.8 Å². The predicted molar refractivity (Wildman–Crippen MR) is 56.3 cm³/mol. The van der Waals surface area contributed by atoms with Crippen molar-refractivity contribution in [3.05, 3.63) is 54.7 Å². The van der Waals surface area contributed by atoms with Crippen molar-refractivity contribution in [1.82, 2.24) is 4.98 Å². The van der Waals surface area contributed by atoms with Crippen molar-refractivity contribution >= 4 is 16.7 Å². The highest BCUT2D eigenvalue weighted by Gasteiger charge is 2.05. The van der Waals surface area contributed by atoms with Gasteiger partial charge in [-0.15, -0.1) is 0 Å². The van der Waals surface area contributed by atoms with Gasteiger partial charge in [-0.25, -0.2) is 0 Å². The van der Waals surface area contributed by atoms with Gasteiger partial charge in [-0.3, -0.25) is 9.78 Å². The summed E-state index contributed by atoms with van der Waals surface area (Å²) in [6, 6.07) is 9.20. The Morgan fingerprint density at radius 1 is 1.29 bits per heavy atom. The van der Waals surface area contributed by atoms with Crippen LogP contribution in [-0.2, 0) is 0 Å². The van der Waals surface area contributed by atoms with Crippen LogP contribution in [0, 0.1) is 0 Å². The third kappa shape index (κ3) is 1.31. The minimum absolute atomic E-state index is 0.0661. The molecule has 1 aromatic heterocycles. The largest absolute Gasteiger partial charge is 0.289 e. The zero-order valence-corrected chi connectivity index (χ0v) is 7.60. The number of benzene rings is 1. The Morgan fingerprint density at radius 2 is 2.14 bits per heavy atom. The predicted octanol–water partition coefficient (Wildman–Crippen LogP) is 2.60. The van der Waals surface area contributed by atoms with Gasteiger partial charge >= 0.3 is 0 Å². The molecule has 0 saturated heterocycles. The van der Waals surface area contributed by atoms with Crippen LogP contribution in [0.4, 0.5) is 0 Å². The van der Waals surface area contributed by atoms with Gasteiger partial charge in [-0.05, 0) is 18.2 Å². The maximum Gasteiger partial charge on any atom is 0.185 e. The molecule has 0 N–H and O–H groups in total. The highest BCUT2D eigenvalue weighted by atomic mass is 16.1. The molecule has 14 heavy (non-hydrogen) atoms. The normalized spacial score (nSPS) is 10.0. The number of aromatic nitrogens is 1. The van der Waals surface area contributed by atoms with E-state index in [2.05, 4.69) is 11.6 Å². The van der Waals surface area contributed by atoms with E-state index in [0.29, 0.717) is 5.56 Å². The van der Waals surface area contributed by atoms with Crippen LogP contribution >= 0.6 is 0 Å². The van der Waals surface area contributed by atoms with Crippen LogP contribution in [0.5, 0.6) is 0 Å². The van der Waals surface area contributed by atoms with Crippen LogP contribution in [0.25, 0.3) is 10.9 Å². The smallest absolute Gasteiger partial charge is 0.185 e. The van der Waals surface area contributed by atoms with Crippen molar-refractivity contribution in [1.29, 1.82) is 0 Å². The molecule has 2 nitrogen and oxygen atoms in total. The quantitative estimate of drug-likeness (QED) is 0.529. The fraction of sp³-hybridized carbons (Fsp3) is 0. The molecular weight excluding hydrogens is 174 g/mol. The number of nitrogens with zero attached hydrogens (tertiary/aromatic N) is 1. The van der Waals surface area contributed by atoms with Gasteiger partial charge in [0.1, 0.15) is 0 Å². The summed E-state index contributed by atoms with van der Waals surface area (Å²) >= 11 is 0. The lowest BCUT2D eigenvalue weighted by molar-refractivity contribution is 0.104. The van der Waals surface area contributed by atoms with Crippen molar-refractivity contribution in [3.8, 4) is 0 Å². The number of ketones is 1. The summed E-state index contributed by atoms with van der Waals surface area (Å²) in [6.07, 6.45) is 3.03. The number of allylic oxidation sites excluding steroid dienone is 1. The Labute approximate surface area is 81.9 Å². The van der Waals surface area contributed by atoms with E-state index in [0.717, 1.165) is 10.9 Å². The summed E-state index contributed by atoms with van der Waals surface area (Å²) in [6.45, 7) is 3.47. The molecular formula is C12H9NO. The third-order valence-corrected chi connectivity index (χ3v) is 2.10. The first-order chi connectivity index (χ1) is 6.83. The topological polar surface area (TPSA) is 30.0 Å². The van der Waals surface area contributed by atoms with Gasteiger partial charge in [-0.2, -0.15) is 0 Å². The molecule has 0 atom stereocenters. The van der Waals surface area contributed by atoms with E-state index in [-0.39, 0.29) is 5.78 Å². The van der Waals surface area contributed by atoms with E-state index < -0.39 is 0 Å². The molecule has 0 aliphatic heterocycles. The molecule has 1 aromatic carbocycles. The first-order valence-corrected chi connectivity index (χ1v) is 4.33. The number of fused-ring (bicyclic) bond motifs is 1. The van der Waals surface area contributed by atoms with Crippen LogP contribution < -0.4 is 0 Å². The molecule has 0 amide bonds. The highest BCUT2D eigenvalue weighted by molar-refractivity contribution is 6.12. The SMILES string of the molecule is C=CC(=O)c1cccc2ncccc12. The fourth-order valence-electron chi connectivity index (χ4n) is 1.43. The van der Waals surface area contributed by atoms with Crippen molar-refractivity contribution in [2.45, 2.75) is 0 Å². The van der Waals surface area contributed by atoms with Crippen LogP contribution in [0.1, 0.15) is 10.4 Å². The molecule has 1 heterocycles. The number of hydrogen-bond acceptors (Lipinski definition) is 2. The van der Waals surface area contributed by atoms with E-state index in [1.165, 1.54) is 6.08 Å². The van der Waals surface area contributed by atoms with Crippen LogP contribution in [0.15, 0.2) is 49.2 Å². The molecule has 0 saturated carbocycles. The second-order valence-corrected chi connectivity index (χ2v) is 2.94. The Bertz CT molecular complexity index is 497. The Kier molecular flexibility index (Phi) is 2.11. The summed E-state index contributed by atoms with van der Waals surface area (Å²) in [4.78, 5) is 15.7. The molecule has 0 bridgehead atoms. The van der Waals surface area contributed by atoms with Gasteiger partial charge in [0, 0.05) is 17.1 Å². The van der Waals surface area contributed by atoms with Gasteiger partial charge < -0.3 is 0 Å². The lowest BCUT2D eigenvalue weighted by atomic mass is 10.0. The van der Waals surface area contributed by atoms with Gasteiger partial charge in [0.2, 0.25) is 0 Å². The van der Waals surface area contributed by atoms with Crippen LogP contribution in [0.2, 0.25) is 0 Å². The second-order valence-electron chi connectivity index (χ2n) is 2.94. The number of rotatable bonds is 2. The van der Waals surface area contributed by atoms with E-state index >= 15 is 0 Å². The lowest BCUT2D eigenvalue weighted by Gasteiger charge is -2.01. The molecule has 2 rings (SSSR count). The standard InChI is InChI=1S/C12H9NO/c1-2-12(14)10-5-3-7-11-9(10)6-4-8-13-11/h2-8H,1H2. The summed E-state index contributed by atoms with van der Waals surface area (Å²) in [5.41, 5.74) is 1.49. The van der Waals surface area contributed by atoms with Crippen molar-refractivity contribution < 1.29 is 4.79 Å². The van der Waals surface area contributed by atoms with Gasteiger partial charge in [0.15, 0.2) is 5.78 Å². The lowest BCUT2D eigenvalue weighted by Crippen LogP contribution is -1.95. The summed E-state index contributed by atoms with van der Waals surface area (Å²) < 4.78 is 0. The molecule has 2 heteroatoms. The zero-order valence-electron chi connectivity index (χ0n) is 7.60. The molecule has 0 aliphatic rings. The Morgan fingerprint density at radius 3 is 2.93 bits per heavy atom. The monoisotopic (exact) mass is 183 g/mol. The maximum atomic E-state index is 11.5. The zero-order chi connectivity index (χ0) is 9.97. The first-order valence-electron chi connectivity index (χ1n) is 4.33. The molecule has 0 radical (unpaired) electrons. The number of pyridine rings is 1. The maximum absolute atomic E-state index is 11.5. The average Bonchev–Trinajstić information content (AvgIpc) is 2.27. The molecule has 0 aliphatic carbocycles. The van der Waals surface area contributed by atoms with E-state index in [1.807, 2.05) is 24.3 Å². The number of carbonyl (C=O) groups is 1. The summed E-state index contributed by atoms with van der Waals surface area (Å²) in [5.74, 6) is -0.0661. The summed E-state index contributed by atoms with van der Waals surface area (Å²) in [5, 5.41) is 0.875. The average molecular weight is 183 g/mol. The van der Waals surface area contributed by atoms with E-state index in [1.54, 1.807) is 12.3 Å². The van der Waals surface area contributed by atoms with Gasteiger partial charge in [0.05, 0.1) is 5.52 Å². The second kappa shape index (κ2) is 3.42. The van der Waals surface area contributed by atoms with Crippen molar-refractivity contribution in [2.24, 2.45) is 0 Å². The number of carbonyl (C=O) groups excluding carboxylic acids is 1. The van der Waals surface area contributed by atoms with Crippen molar-refractivity contribution in [3.63, 3.8) is 0 Å². The minimum atomic E-state index is -0.0661. The number of hydrogen-bond donors (Lipinski definition) is 0. The van der Waals surface area contributed by atoms with Gasteiger partial charge in [-0.1, -0.05) is 24.8 Å². The third-order valence-electron chi connectivity index (χ3n) is 2.10. The van der Waals surface area contributed by atoms with Gasteiger partial charge in [0.25, 0.3) is 0 Å². The van der Waals surface area contributed by atoms with E-state index in [4.69, 9.17) is 0 Å². The first kappa shape index (κ1) is 8.63. The Hall–Kier alpha value is -1.96.